The van der Waals surface area contributed by atoms with Gasteiger partial charge < -0.3 is 20.1 Å². The monoisotopic (exact) mass is 692 g/mol. The molecule has 47 heavy (non-hydrogen) atoms. The first kappa shape index (κ1) is 46.5. The van der Waals surface area contributed by atoms with Crippen LogP contribution < -0.4 is 5.73 Å². The number of hydrogen-bond donors (Lipinski definition) is 2. The number of carbonyl (C=O) groups excluding carboxylic acids is 1. The van der Waals surface area contributed by atoms with Crippen LogP contribution in [-0.2, 0) is 27.9 Å². The summed E-state index contributed by atoms with van der Waals surface area (Å²) in [7, 11) is -4.26. The second kappa shape index (κ2) is 36.8. The maximum Gasteiger partial charge on any atom is 0.472 e. The van der Waals surface area contributed by atoms with Crippen LogP contribution in [0.3, 0.4) is 0 Å². The van der Waals surface area contributed by atoms with Crippen molar-refractivity contribution in [3.63, 3.8) is 0 Å². The molecule has 2 unspecified atom stereocenters. The molecule has 0 saturated carbocycles. The Bertz CT molecular complexity index is 697. The van der Waals surface area contributed by atoms with Gasteiger partial charge >= 0.3 is 13.8 Å². The predicted octanol–water partition coefficient (Wildman–Crippen LogP) is 11.4. The summed E-state index contributed by atoms with van der Waals surface area (Å²) in [6.45, 7) is 4.96. The lowest BCUT2D eigenvalue weighted by Crippen LogP contribution is -2.28. The summed E-state index contributed by atoms with van der Waals surface area (Å²) in [6, 6.07) is 0. The third kappa shape index (κ3) is 36.6. The van der Waals surface area contributed by atoms with Crippen LogP contribution in [0.4, 0.5) is 0 Å². The first-order chi connectivity index (χ1) is 22.9. The Labute approximate surface area is 291 Å². The average molecular weight is 692 g/mol. The van der Waals surface area contributed by atoms with Crippen LogP contribution in [0.5, 0.6) is 0 Å². The van der Waals surface area contributed by atoms with Gasteiger partial charge in [-0.3, -0.25) is 13.8 Å². The summed E-state index contributed by atoms with van der Waals surface area (Å²) < 4.78 is 33.3. The molecule has 0 aromatic rings. The van der Waals surface area contributed by atoms with Crippen molar-refractivity contribution in [1.29, 1.82) is 0 Å². The molecule has 0 fully saturated rings. The molecule has 0 aromatic heterocycles. The van der Waals surface area contributed by atoms with E-state index in [1.165, 1.54) is 148 Å². The van der Waals surface area contributed by atoms with Crippen molar-refractivity contribution >= 4 is 13.8 Å². The Morgan fingerprint density at radius 3 is 1.34 bits per heavy atom. The van der Waals surface area contributed by atoms with Gasteiger partial charge in [-0.15, -0.1) is 0 Å². The van der Waals surface area contributed by atoms with Gasteiger partial charge in [0.2, 0.25) is 0 Å². The molecule has 2 atom stereocenters. The van der Waals surface area contributed by atoms with Crippen LogP contribution in [0, 0.1) is 0 Å². The molecule has 0 aromatic carbocycles. The van der Waals surface area contributed by atoms with E-state index in [4.69, 9.17) is 24.3 Å². The van der Waals surface area contributed by atoms with Crippen LogP contribution in [0.1, 0.15) is 200 Å². The molecule has 0 aliphatic rings. The van der Waals surface area contributed by atoms with Gasteiger partial charge in [0.1, 0.15) is 6.10 Å². The van der Waals surface area contributed by atoms with Gasteiger partial charge in [-0.05, 0) is 12.8 Å². The third-order valence-corrected chi connectivity index (χ3v) is 9.76. The highest BCUT2D eigenvalue weighted by atomic mass is 31.2. The largest absolute Gasteiger partial charge is 0.472 e. The fourth-order valence-corrected chi connectivity index (χ4v) is 6.59. The zero-order valence-electron chi connectivity index (χ0n) is 31.0. The van der Waals surface area contributed by atoms with Crippen LogP contribution >= 0.6 is 7.82 Å². The maximum absolute atomic E-state index is 12.5. The number of esters is 1. The minimum atomic E-state index is -4.26. The minimum Gasteiger partial charge on any atom is -0.457 e. The lowest BCUT2D eigenvalue weighted by Gasteiger charge is -2.20. The zero-order valence-corrected chi connectivity index (χ0v) is 31.9. The van der Waals surface area contributed by atoms with E-state index in [0.29, 0.717) is 13.0 Å². The Morgan fingerprint density at radius 2 is 0.936 bits per heavy atom. The van der Waals surface area contributed by atoms with Crippen molar-refractivity contribution in [2.75, 3.05) is 33.0 Å². The predicted molar refractivity (Wildman–Crippen MR) is 197 cm³/mol. The number of carbonyl (C=O) groups is 1. The van der Waals surface area contributed by atoms with Crippen LogP contribution in [-0.4, -0.2) is 49.9 Å². The first-order valence-corrected chi connectivity index (χ1v) is 21.5. The summed E-state index contributed by atoms with van der Waals surface area (Å²) in [5, 5.41) is 0. The molecule has 0 amide bonds. The maximum atomic E-state index is 12.5. The van der Waals surface area contributed by atoms with E-state index in [1.54, 1.807) is 0 Å². The molecular weight excluding hydrogens is 613 g/mol. The highest BCUT2D eigenvalue weighted by molar-refractivity contribution is 7.47. The van der Waals surface area contributed by atoms with Gasteiger partial charge in [0.05, 0.1) is 19.8 Å². The molecule has 282 valence electrons. The number of unbranched alkanes of at least 4 members (excludes halogenated alkanes) is 26. The van der Waals surface area contributed by atoms with Crippen molar-refractivity contribution < 1.29 is 32.8 Å². The SMILES string of the molecule is CCCCCCCCCCCCCCCCCCCC(=O)OC(COCCCCCCCCCCCCC)COP(=O)(O)OCCN. The Hall–Kier alpha value is -0.500. The fraction of sp³-hybridized carbons (Fsp3) is 0.974. The first-order valence-electron chi connectivity index (χ1n) is 20.0. The molecule has 8 nitrogen and oxygen atoms in total. The summed E-state index contributed by atoms with van der Waals surface area (Å²) in [5.74, 6) is -0.325. The van der Waals surface area contributed by atoms with E-state index < -0.39 is 13.9 Å². The number of rotatable bonds is 39. The van der Waals surface area contributed by atoms with Gasteiger partial charge in [-0.25, -0.2) is 4.57 Å². The Kier molecular flexibility index (Phi) is 36.4. The van der Waals surface area contributed by atoms with Crippen molar-refractivity contribution in [3.05, 3.63) is 0 Å². The fourth-order valence-electron chi connectivity index (χ4n) is 5.82. The topological polar surface area (TPSA) is 117 Å². The zero-order chi connectivity index (χ0) is 34.5. The highest BCUT2D eigenvalue weighted by Gasteiger charge is 2.25. The van der Waals surface area contributed by atoms with E-state index in [0.717, 1.165) is 32.1 Å². The van der Waals surface area contributed by atoms with Gasteiger partial charge in [-0.1, -0.05) is 181 Å². The Balaban J connectivity index is 3.99. The number of phosphoric ester groups is 1. The van der Waals surface area contributed by atoms with E-state index >= 15 is 0 Å². The molecule has 3 N–H and O–H groups in total. The van der Waals surface area contributed by atoms with Gasteiger partial charge in [0, 0.05) is 19.6 Å². The average Bonchev–Trinajstić information content (AvgIpc) is 3.06. The van der Waals surface area contributed by atoms with E-state index in [9.17, 15) is 14.3 Å². The molecule has 0 rings (SSSR count). The van der Waals surface area contributed by atoms with E-state index in [1.807, 2.05) is 0 Å². The molecule has 0 saturated heterocycles. The molecule has 0 bridgehead atoms. The van der Waals surface area contributed by atoms with Crippen molar-refractivity contribution in [3.8, 4) is 0 Å². The van der Waals surface area contributed by atoms with E-state index in [2.05, 4.69) is 13.8 Å². The summed E-state index contributed by atoms with van der Waals surface area (Å²) in [5.41, 5.74) is 5.35. The lowest BCUT2D eigenvalue weighted by atomic mass is 10.0. The number of ether oxygens (including phenoxy) is 2. The van der Waals surface area contributed by atoms with Crippen LogP contribution in [0.2, 0.25) is 0 Å². The molecule has 0 aliphatic carbocycles. The standard InChI is InChI=1S/C38H78NO7P/c1-3-5-7-9-11-13-15-16-17-18-19-20-21-23-25-27-29-31-38(40)46-37(36-45-47(41,42)44-34-32-39)35-43-33-30-28-26-24-22-14-12-10-8-6-4-2/h37H,3-36,39H2,1-2H3,(H,41,42). The lowest BCUT2D eigenvalue weighted by molar-refractivity contribution is -0.154. The van der Waals surface area contributed by atoms with Gasteiger partial charge in [0.25, 0.3) is 0 Å². The quantitative estimate of drug-likeness (QED) is 0.0371. The number of nitrogens with two attached hydrogens (primary N) is 1. The molecule has 9 heteroatoms. The van der Waals surface area contributed by atoms with Crippen molar-refractivity contribution in [1.82, 2.24) is 0 Å². The normalized spacial score (nSPS) is 13.5. The van der Waals surface area contributed by atoms with E-state index in [-0.39, 0.29) is 32.3 Å². The molecule has 0 aliphatic heterocycles. The molecule has 0 spiro atoms. The highest BCUT2D eigenvalue weighted by Crippen LogP contribution is 2.43. The molecule has 0 heterocycles. The Morgan fingerprint density at radius 1 is 0.553 bits per heavy atom. The van der Waals surface area contributed by atoms with Crippen molar-refractivity contribution in [2.24, 2.45) is 5.73 Å². The third-order valence-electron chi connectivity index (χ3n) is 8.77. The summed E-state index contributed by atoms with van der Waals surface area (Å²) in [4.78, 5) is 22.4. The summed E-state index contributed by atoms with van der Waals surface area (Å²) in [6.07, 6.45) is 35.4. The van der Waals surface area contributed by atoms with Crippen LogP contribution in [0.15, 0.2) is 0 Å². The molecule has 0 radical (unpaired) electrons. The minimum absolute atomic E-state index is 0.0904. The van der Waals surface area contributed by atoms with Crippen LogP contribution in [0.25, 0.3) is 0 Å². The second-order valence-corrected chi connectivity index (χ2v) is 15.0. The number of hydrogen-bond acceptors (Lipinski definition) is 7. The smallest absolute Gasteiger partial charge is 0.457 e. The van der Waals surface area contributed by atoms with Crippen molar-refractivity contribution in [2.45, 2.75) is 206 Å². The van der Waals surface area contributed by atoms with Gasteiger partial charge in [-0.2, -0.15) is 0 Å². The molecular formula is C38H78NO7P. The summed E-state index contributed by atoms with van der Waals surface area (Å²) >= 11 is 0. The van der Waals surface area contributed by atoms with Gasteiger partial charge in [0.15, 0.2) is 0 Å². The number of phosphoric acid groups is 1. The second-order valence-electron chi connectivity index (χ2n) is 13.5.